The van der Waals surface area contributed by atoms with Crippen molar-refractivity contribution < 1.29 is 18.0 Å². The van der Waals surface area contributed by atoms with E-state index in [1.807, 2.05) is 0 Å². The number of carbonyl (C=O) groups is 1. The predicted octanol–water partition coefficient (Wildman–Crippen LogP) is 3.89. The summed E-state index contributed by atoms with van der Waals surface area (Å²) in [5.41, 5.74) is -0.473. The summed E-state index contributed by atoms with van der Waals surface area (Å²) in [4.78, 5) is 13.9. The number of hydrogen-bond acceptors (Lipinski definition) is 2. The Hall–Kier alpha value is -1.24. The van der Waals surface area contributed by atoms with Gasteiger partial charge in [-0.3, -0.25) is 4.79 Å². The van der Waals surface area contributed by atoms with E-state index in [0.29, 0.717) is 0 Å². The third kappa shape index (κ3) is 3.90. The molecule has 1 unspecified atom stereocenters. The summed E-state index contributed by atoms with van der Waals surface area (Å²) in [5.74, 6) is -0.0797. The van der Waals surface area contributed by atoms with Gasteiger partial charge in [-0.2, -0.15) is 13.2 Å². The lowest BCUT2D eigenvalue weighted by atomic mass is 10.1. The average Bonchev–Trinajstić information content (AvgIpc) is 2.92. The van der Waals surface area contributed by atoms with Crippen LogP contribution in [0, 0.1) is 0 Å². The number of carbonyl (C=O) groups excluding carboxylic acids is 1. The van der Waals surface area contributed by atoms with Crippen LogP contribution in [0.15, 0.2) is 22.7 Å². The summed E-state index contributed by atoms with van der Waals surface area (Å²) < 4.78 is 38.5. The quantitative estimate of drug-likeness (QED) is 0.882. The van der Waals surface area contributed by atoms with Crippen LogP contribution in [0.4, 0.5) is 18.9 Å². The molecular weight excluding hydrogens is 349 g/mol. The fraction of sp³-hybridized carbons (Fsp3) is 0.500. The van der Waals surface area contributed by atoms with E-state index < -0.39 is 17.8 Å². The van der Waals surface area contributed by atoms with Crippen molar-refractivity contribution in [1.82, 2.24) is 4.90 Å². The van der Waals surface area contributed by atoms with Crippen LogP contribution >= 0.6 is 15.9 Å². The zero-order valence-electron chi connectivity index (χ0n) is 11.5. The van der Waals surface area contributed by atoms with Gasteiger partial charge >= 0.3 is 6.18 Å². The zero-order chi connectivity index (χ0) is 15.6. The van der Waals surface area contributed by atoms with Crippen molar-refractivity contribution in [2.45, 2.75) is 32.0 Å². The van der Waals surface area contributed by atoms with Crippen molar-refractivity contribution >= 4 is 27.5 Å². The molecule has 0 radical (unpaired) electrons. The standard InChI is InChI=1S/C14H16BrF3N2O/c1-9(13(21)20-6-2-3-7-20)19-10-4-5-12(15)11(8-10)14(16,17)18/h4-5,8-9,19H,2-3,6-7H2,1H3. The van der Waals surface area contributed by atoms with Gasteiger partial charge in [0.25, 0.3) is 0 Å². The molecule has 1 atom stereocenters. The maximum Gasteiger partial charge on any atom is 0.417 e. The second kappa shape index (κ2) is 6.25. The first-order chi connectivity index (χ1) is 9.79. The second-order valence-electron chi connectivity index (χ2n) is 5.09. The first-order valence-electron chi connectivity index (χ1n) is 6.71. The van der Waals surface area contributed by atoms with Gasteiger partial charge < -0.3 is 10.2 Å². The number of hydrogen-bond donors (Lipinski definition) is 1. The summed E-state index contributed by atoms with van der Waals surface area (Å²) in [7, 11) is 0. The minimum absolute atomic E-state index is 0.0147. The second-order valence-corrected chi connectivity index (χ2v) is 5.95. The highest BCUT2D eigenvalue weighted by Crippen LogP contribution is 2.36. The van der Waals surface area contributed by atoms with Crippen LogP contribution in [0.5, 0.6) is 0 Å². The van der Waals surface area contributed by atoms with Crippen LogP contribution in [0.3, 0.4) is 0 Å². The van der Waals surface area contributed by atoms with E-state index in [9.17, 15) is 18.0 Å². The Bertz CT molecular complexity index is 527. The van der Waals surface area contributed by atoms with E-state index >= 15 is 0 Å². The highest BCUT2D eigenvalue weighted by molar-refractivity contribution is 9.10. The summed E-state index contributed by atoms with van der Waals surface area (Å²) in [5, 5.41) is 2.85. The number of rotatable bonds is 3. The number of halogens is 4. The lowest BCUT2D eigenvalue weighted by molar-refractivity contribution is -0.138. The Morgan fingerprint density at radius 2 is 1.95 bits per heavy atom. The molecule has 21 heavy (non-hydrogen) atoms. The van der Waals surface area contributed by atoms with Crippen LogP contribution in [-0.2, 0) is 11.0 Å². The summed E-state index contributed by atoms with van der Waals surface area (Å²) in [6.07, 6.45) is -2.47. The normalized spacial score (nSPS) is 16.9. The number of amides is 1. The van der Waals surface area contributed by atoms with Gasteiger partial charge in [-0.25, -0.2) is 0 Å². The maximum atomic E-state index is 12.8. The molecule has 1 aliphatic rings. The Labute approximate surface area is 129 Å². The van der Waals surface area contributed by atoms with Crippen LogP contribution in [0.25, 0.3) is 0 Å². The van der Waals surface area contributed by atoms with E-state index in [-0.39, 0.29) is 16.1 Å². The Balaban J connectivity index is 2.10. The van der Waals surface area contributed by atoms with E-state index in [4.69, 9.17) is 0 Å². The number of alkyl halides is 3. The van der Waals surface area contributed by atoms with Crippen molar-refractivity contribution in [1.29, 1.82) is 0 Å². The molecule has 1 N–H and O–H groups in total. The lowest BCUT2D eigenvalue weighted by Crippen LogP contribution is -2.39. The molecule has 0 spiro atoms. The molecule has 0 bridgehead atoms. The largest absolute Gasteiger partial charge is 0.417 e. The summed E-state index contributed by atoms with van der Waals surface area (Å²) >= 11 is 2.89. The van der Waals surface area contributed by atoms with Crippen LogP contribution in [-0.4, -0.2) is 29.9 Å². The van der Waals surface area contributed by atoms with E-state index in [2.05, 4.69) is 21.2 Å². The first kappa shape index (κ1) is 16.1. The topological polar surface area (TPSA) is 32.3 Å². The molecule has 3 nitrogen and oxygen atoms in total. The molecule has 1 aromatic rings. The SMILES string of the molecule is CC(Nc1ccc(Br)c(C(F)(F)F)c1)C(=O)N1CCCC1. The molecule has 116 valence electrons. The van der Waals surface area contributed by atoms with Gasteiger partial charge in [0.15, 0.2) is 0 Å². The van der Waals surface area contributed by atoms with Gasteiger partial charge in [0.05, 0.1) is 5.56 Å². The minimum Gasteiger partial charge on any atom is -0.374 e. The van der Waals surface area contributed by atoms with Crippen LogP contribution < -0.4 is 5.32 Å². The molecule has 7 heteroatoms. The van der Waals surface area contributed by atoms with Crippen molar-refractivity contribution in [3.8, 4) is 0 Å². The predicted molar refractivity (Wildman–Crippen MR) is 78.0 cm³/mol. The van der Waals surface area contributed by atoms with Gasteiger partial charge in [0.1, 0.15) is 6.04 Å². The third-order valence-corrected chi connectivity index (χ3v) is 4.13. The molecule has 1 amide bonds. The molecule has 1 fully saturated rings. The molecule has 1 aliphatic heterocycles. The lowest BCUT2D eigenvalue weighted by Gasteiger charge is -2.22. The number of likely N-dealkylation sites (tertiary alicyclic amines) is 1. The third-order valence-electron chi connectivity index (χ3n) is 3.44. The van der Waals surface area contributed by atoms with Crippen molar-refractivity contribution in [3.05, 3.63) is 28.2 Å². The van der Waals surface area contributed by atoms with Gasteiger partial charge in [-0.15, -0.1) is 0 Å². The summed E-state index contributed by atoms with van der Waals surface area (Å²) in [6, 6.07) is 3.31. The molecule has 2 rings (SSSR count). The average molecular weight is 365 g/mol. The number of anilines is 1. The number of benzene rings is 1. The zero-order valence-corrected chi connectivity index (χ0v) is 13.1. The van der Waals surface area contributed by atoms with Gasteiger partial charge in [0, 0.05) is 23.2 Å². The van der Waals surface area contributed by atoms with Gasteiger partial charge in [0.2, 0.25) is 5.91 Å². The fourth-order valence-corrected chi connectivity index (χ4v) is 2.83. The Kier molecular flexibility index (Phi) is 4.81. The number of nitrogens with zero attached hydrogens (tertiary/aromatic N) is 1. The van der Waals surface area contributed by atoms with Gasteiger partial charge in [-0.05, 0) is 38.0 Å². The molecule has 1 saturated heterocycles. The van der Waals surface area contributed by atoms with Crippen molar-refractivity contribution in [3.63, 3.8) is 0 Å². The van der Waals surface area contributed by atoms with E-state index in [0.717, 1.165) is 32.0 Å². The first-order valence-corrected chi connectivity index (χ1v) is 7.50. The fourth-order valence-electron chi connectivity index (χ4n) is 2.36. The molecule has 0 aliphatic carbocycles. The van der Waals surface area contributed by atoms with Crippen molar-refractivity contribution in [2.75, 3.05) is 18.4 Å². The highest BCUT2D eigenvalue weighted by Gasteiger charge is 2.33. The molecule has 0 aromatic heterocycles. The molecule has 1 heterocycles. The van der Waals surface area contributed by atoms with Crippen LogP contribution in [0.1, 0.15) is 25.3 Å². The molecule has 1 aromatic carbocycles. The van der Waals surface area contributed by atoms with Crippen LogP contribution in [0.2, 0.25) is 0 Å². The molecule has 0 saturated carbocycles. The smallest absolute Gasteiger partial charge is 0.374 e. The van der Waals surface area contributed by atoms with Crippen molar-refractivity contribution in [2.24, 2.45) is 0 Å². The van der Waals surface area contributed by atoms with E-state index in [1.165, 1.54) is 12.1 Å². The Morgan fingerprint density at radius 1 is 1.33 bits per heavy atom. The highest BCUT2D eigenvalue weighted by atomic mass is 79.9. The molecular formula is C14H16BrF3N2O. The monoisotopic (exact) mass is 364 g/mol. The van der Waals surface area contributed by atoms with E-state index in [1.54, 1.807) is 11.8 Å². The minimum atomic E-state index is -4.43. The maximum absolute atomic E-state index is 12.8. The number of nitrogens with one attached hydrogen (secondary N) is 1. The summed E-state index contributed by atoms with van der Waals surface area (Å²) in [6.45, 7) is 3.11. The van der Waals surface area contributed by atoms with Gasteiger partial charge in [-0.1, -0.05) is 15.9 Å². The Morgan fingerprint density at radius 3 is 2.52 bits per heavy atom.